The zero-order valence-corrected chi connectivity index (χ0v) is 20.1. The Kier molecular flexibility index (Phi) is 7.38. The van der Waals surface area contributed by atoms with Gasteiger partial charge in [-0.05, 0) is 44.2 Å². The number of nitrogens with zero attached hydrogens (tertiary/aromatic N) is 4. The average Bonchev–Trinajstić information content (AvgIpc) is 3.36. The molecule has 0 unspecified atom stereocenters. The Morgan fingerprint density at radius 1 is 1.00 bits per heavy atom. The van der Waals surface area contributed by atoms with Gasteiger partial charge in [-0.1, -0.05) is 25.4 Å². The molecule has 6 nitrogen and oxygen atoms in total. The van der Waals surface area contributed by atoms with Gasteiger partial charge < -0.3 is 10.2 Å². The maximum Gasteiger partial charge on any atom is 0.144 e. The molecule has 4 heterocycles. The van der Waals surface area contributed by atoms with Crippen LogP contribution in [0.2, 0.25) is 5.02 Å². The molecule has 1 aliphatic heterocycles. The van der Waals surface area contributed by atoms with Gasteiger partial charge in [0.1, 0.15) is 11.6 Å². The first-order valence-corrected chi connectivity index (χ1v) is 11.8. The van der Waals surface area contributed by atoms with Gasteiger partial charge in [-0.2, -0.15) is 5.10 Å². The number of nitrogens with one attached hydrogen (secondary N) is 2. The molecule has 0 radical (unpaired) electrons. The van der Waals surface area contributed by atoms with E-state index in [1.807, 2.05) is 45.3 Å². The normalized spacial score (nSPS) is 14.2. The lowest BCUT2D eigenvalue weighted by atomic mass is 10.0. The Morgan fingerprint density at radius 3 is 2.50 bits per heavy atom. The molecule has 0 atom stereocenters. The molecule has 2 N–H and O–H groups in total. The Morgan fingerprint density at radius 2 is 1.76 bits per heavy atom. The lowest BCUT2D eigenvalue weighted by Crippen LogP contribution is -2.41. The van der Waals surface area contributed by atoms with Crippen LogP contribution in [-0.2, 0) is 0 Å². The molecule has 178 valence electrons. The standard InChI is InChI=1S/C23H21ClF2N6.C2H6/c1-27-13-4-6-32(7-5-13)14-8-22-21(28-11-14)3-2-20(30-22)16-12-29-31-23(16)15-9-17(24)19(26)10-18(15)25;1-2/h2-3,8-13,27H,4-7H2,1H3,(H,29,31);1-2H3. The minimum atomic E-state index is -0.810. The van der Waals surface area contributed by atoms with Gasteiger partial charge in [-0.15, -0.1) is 0 Å². The smallest absolute Gasteiger partial charge is 0.144 e. The second-order valence-electron chi connectivity index (χ2n) is 7.88. The summed E-state index contributed by atoms with van der Waals surface area (Å²) >= 11 is 5.88. The lowest BCUT2D eigenvalue weighted by molar-refractivity contribution is 0.442. The summed E-state index contributed by atoms with van der Waals surface area (Å²) in [4.78, 5) is 11.7. The molecule has 0 spiro atoms. The highest BCUT2D eigenvalue weighted by Crippen LogP contribution is 2.34. The van der Waals surface area contributed by atoms with Gasteiger partial charge in [0.2, 0.25) is 0 Å². The van der Waals surface area contributed by atoms with E-state index in [4.69, 9.17) is 16.6 Å². The summed E-state index contributed by atoms with van der Waals surface area (Å²) in [5.74, 6) is -1.54. The third-order valence-electron chi connectivity index (χ3n) is 5.99. The van der Waals surface area contributed by atoms with E-state index in [0.29, 0.717) is 23.0 Å². The molecule has 1 aromatic carbocycles. The molecule has 4 aromatic rings. The monoisotopic (exact) mass is 484 g/mol. The largest absolute Gasteiger partial charge is 0.370 e. The summed E-state index contributed by atoms with van der Waals surface area (Å²) in [6.07, 6.45) is 5.60. The van der Waals surface area contributed by atoms with Gasteiger partial charge >= 0.3 is 0 Å². The summed E-state index contributed by atoms with van der Waals surface area (Å²) in [7, 11) is 2.00. The summed E-state index contributed by atoms with van der Waals surface area (Å²) in [5, 5.41) is 10.0. The van der Waals surface area contributed by atoms with Gasteiger partial charge in [0, 0.05) is 36.3 Å². The number of anilines is 1. The zero-order valence-electron chi connectivity index (χ0n) is 19.4. The molecular formula is C25H27ClF2N6. The van der Waals surface area contributed by atoms with Crippen molar-refractivity contribution in [1.82, 2.24) is 25.5 Å². The van der Waals surface area contributed by atoms with Gasteiger partial charge in [0.15, 0.2) is 0 Å². The molecule has 0 bridgehead atoms. The predicted octanol–water partition coefficient (Wildman–Crippen LogP) is 5.83. The predicted molar refractivity (Wildman–Crippen MR) is 133 cm³/mol. The first-order valence-electron chi connectivity index (χ1n) is 11.4. The van der Waals surface area contributed by atoms with Crippen LogP contribution in [0, 0.1) is 11.6 Å². The SMILES string of the molecule is CC.CNC1CCN(c2cnc3ccc(-c4cn[nH]c4-c4cc(Cl)c(F)cc4F)nc3c2)CC1. The fourth-order valence-corrected chi connectivity index (χ4v) is 4.31. The van der Waals surface area contributed by atoms with E-state index < -0.39 is 11.6 Å². The zero-order chi connectivity index (χ0) is 24.2. The van der Waals surface area contributed by atoms with Gasteiger partial charge in [-0.3, -0.25) is 10.1 Å². The van der Waals surface area contributed by atoms with Crippen molar-refractivity contribution in [3.05, 3.63) is 59.4 Å². The van der Waals surface area contributed by atoms with Crippen molar-refractivity contribution in [3.8, 4) is 22.5 Å². The molecule has 1 fully saturated rings. The quantitative estimate of drug-likeness (QED) is 0.356. The summed E-state index contributed by atoms with van der Waals surface area (Å²) < 4.78 is 28.1. The van der Waals surface area contributed by atoms with Crippen molar-refractivity contribution in [3.63, 3.8) is 0 Å². The van der Waals surface area contributed by atoms with E-state index >= 15 is 0 Å². The van der Waals surface area contributed by atoms with E-state index in [1.54, 1.807) is 6.20 Å². The molecular weight excluding hydrogens is 458 g/mol. The summed E-state index contributed by atoms with van der Waals surface area (Å²) in [6, 6.07) is 8.27. The number of fused-ring (bicyclic) bond motifs is 1. The molecule has 1 saturated heterocycles. The van der Waals surface area contributed by atoms with E-state index in [0.717, 1.165) is 48.7 Å². The van der Waals surface area contributed by atoms with Crippen molar-refractivity contribution in [2.75, 3.05) is 25.0 Å². The van der Waals surface area contributed by atoms with Crippen LogP contribution in [0.1, 0.15) is 26.7 Å². The number of hydrogen-bond donors (Lipinski definition) is 2. The van der Waals surface area contributed by atoms with Gasteiger partial charge in [0.25, 0.3) is 0 Å². The van der Waals surface area contributed by atoms with Crippen LogP contribution in [-0.4, -0.2) is 46.3 Å². The van der Waals surface area contributed by atoms with Crippen LogP contribution in [0.25, 0.3) is 33.5 Å². The maximum atomic E-state index is 14.5. The summed E-state index contributed by atoms with van der Waals surface area (Å²) in [6.45, 7) is 5.91. The van der Waals surface area contributed by atoms with Crippen molar-refractivity contribution >= 4 is 28.3 Å². The number of halogens is 3. The van der Waals surface area contributed by atoms with Crippen LogP contribution < -0.4 is 10.2 Å². The molecule has 0 saturated carbocycles. The highest BCUT2D eigenvalue weighted by Gasteiger charge is 2.20. The van der Waals surface area contributed by atoms with E-state index in [9.17, 15) is 8.78 Å². The topological polar surface area (TPSA) is 69.7 Å². The van der Waals surface area contributed by atoms with Crippen molar-refractivity contribution in [1.29, 1.82) is 0 Å². The average molecular weight is 485 g/mol. The van der Waals surface area contributed by atoms with Crippen LogP contribution in [0.5, 0.6) is 0 Å². The Bertz CT molecular complexity index is 1280. The number of benzene rings is 1. The summed E-state index contributed by atoms with van der Waals surface area (Å²) in [5.41, 5.74) is 4.24. The molecule has 1 aliphatic rings. The molecule has 5 rings (SSSR count). The van der Waals surface area contributed by atoms with Gasteiger partial charge in [-0.25, -0.2) is 13.8 Å². The fourth-order valence-electron chi connectivity index (χ4n) is 4.15. The first-order chi connectivity index (χ1) is 16.5. The molecule has 3 aromatic heterocycles. The first kappa shape index (κ1) is 24.0. The van der Waals surface area contributed by atoms with Crippen LogP contribution in [0.15, 0.2) is 42.7 Å². The Balaban J connectivity index is 0.00000133. The van der Waals surface area contributed by atoms with E-state index in [1.165, 1.54) is 6.07 Å². The van der Waals surface area contributed by atoms with Gasteiger partial charge in [0.05, 0.1) is 45.5 Å². The van der Waals surface area contributed by atoms with Crippen molar-refractivity contribution < 1.29 is 8.78 Å². The van der Waals surface area contributed by atoms with Crippen LogP contribution >= 0.6 is 11.6 Å². The second kappa shape index (κ2) is 10.4. The third kappa shape index (κ3) is 4.74. The third-order valence-corrected chi connectivity index (χ3v) is 6.28. The van der Waals surface area contributed by atoms with E-state index in [-0.39, 0.29) is 10.6 Å². The number of rotatable bonds is 4. The maximum absolute atomic E-state index is 14.5. The number of aromatic amines is 1. The fraction of sp³-hybridized carbons (Fsp3) is 0.320. The highest BCUT2D eigenvalue weighted by atomic mass is 35.5. The molecule has 0 aliphatic carbocycles. The Hall–Kier alpha value is -3.10. The van der Waals surface area contributed by atoms with Crippen molar-refractivity contribution in [2.45, 2.75) is 32.7 Å². The number of aromatic nitrogens is 4. The molecule has 34 heavy (non-hydrogen) atoms. The Labute approximate surface area is 202 Å². The molecule has 9 heteroatoms. The lowest BCUT2D eigenvalue weighted by Gasteiger charge is -2.33. The highest BCUT2D eigenvalue weighted by molar-refractivity contribution is 6.31. The minimum absolute atomic E-state index is 0.130. The minimum Gasteiger partial charge on any atom is -0.370 e. The number of hydrogen-bond acceptors (Lipinski definition) is 5. The number of H-pyrrole nitrogens is 1. The van der Waals surface area contributed by atoms with Crippen LogP contribution in [0.3, 0.4) is 0 Å². The number of piperidine rings is 1. The number of pyridine rings is 2. The van der Waals surface area contributed by atoms with Crippen LogP contribution in [0.4, 0.5) is 14.5 Å². The van der Waals surface area contributed by atoms with E-state index in [2.05, 4.69) is 25.4 Å². The molecule has 0 amide bonds. The van der Waals surface area contributed by atoms with Crippen molar-refractivity contribution in [2.24, 2.45) is 0 Å². The second-order valence-corrected chi connectivity index (χ2v) is 8.29.